The second-order valence-corrected chi connectivity index (χ2v) is 8.40. The lowest BCUT2D eigenvalue weighted by atomic mass is 10.1. The maximum absolute atomic E-state index is 13.1. The van der Waals surface area contributed by atoms with Gasteiger partial charge in [0.1, 0.15) is 5.82 Å². The average Bonchev–Trinajstić information content (AvgIpc) is 3.21. The third-order valence-electron chi connectivity index (χ3n) is 5.18. The van der Waals surface area contributed by atoms with Crippen LogP contribution in [0.25, 0.3) is 11.0 Å². The Morgan fingerprint density at radius 2 is 1.77 bits per heavy atom. The number of aromatic nitrogens is 2. The molecule has 1 heterocycles. The molecule has 5 nitrogen and oxygen atoms in total. The minimum Gasteiger partial charge on any atom is -0.342 e. The van der Waals surface area contributed by atoms with E-state index in [1.54, 1.807) is 11.8 Å². The molecular weight excluding hydrogens is 404 g/mol. The Morgan fingerprint density at radius 3 is 2.48 bits per heavy atom. The molecule has 4 rings (SSSR count). The number of imidazole rings is 1. The van der Waals surface area contributed by atoms with Gasteiger partial charge in [0.25, 0.3) is 0 Å². The normalized spacial score (nSPS) is 10.9. The van der Waals surface area contributed by atoms with Gasteiger partial charge in [0, 0.05) is 30.1 Å². The van der Waals surface area contributed by atoms with Gasteiger partial charge >= 0.3 is 6.03 Å². The van der Waals surface area contributed by atoms with E-state index in [9.17, 15) is 4.79 Å². The van der Waals surface area contributed by atoms with Crippen molar-refractivity contribution < 1.29 is 4.79 Å². The van der Waals surface area contributed by atoms with Crippen LogP contribution in [0.5, 0.6) is 0 Å². The fourth-order valence-electron chi connectivity index (χ4n) is 3.41. The number of hydrogen-bond acceptors (Lipinski definition) is 3. The highest BCUT2D eigenvalue weighted by molar-refractivity contribution is 7.98. The molecule has 0 bridgehead atoms. The predicted octanol–water partition coefficient (Wildman–Crippen LogP) is 5.87. The predicted molar refractivity (Wildman–Crippen MR) is 129 cm³/mol. The highest BCUT2D eigenvalue weighted by atomic mass is 32.2. The lowest BCUT2D eigenvalue weighted by molar-refractivity contribution is 0.209. The van der Waals surface area contributed by atoms with Gasteiger partial charge < -0.3 is 15.2 Å². The number of fused-ring (bicyclic) bond motifs is 1. The maximum Gasteiger partial charge on any atom is 0.322 e. The molecule has 0 aliphatic carbocycles. The molecule has 2 N–H and O–H groups in total. The minimum absolute atomic E-state index is 0.117. The molecule has 0 fully saturated rings. The number of amides is 2. The van der Waals surface area contributed by atoms with E-state index in [2.05, 4.69) is 46.5 Å². The van der Waals surface area contributed by atoms with Gasteiger partial charge in [-0.3, -0.25) is 0 Å². The number of benzene rings is 3. The van der Waals surface area contributed by atoms with E-state index in [-0.39, 0.29) is 6.03 Å². The second-order valence-electron chi connectivity index (χ2n) is 7.52. The van der Waals surface area contributed by atoms with Crippen LogP contribution in [0.2, 0.25) is 0 Å². The Hall–Kier alpha value is -3.25. The molecule has 3 aromatic carbocycles. The first-order valence-electron chi connectivity index (χ1n) is 10.3. The van der Waals surface area contributed by atoms with E-state index in [1.807, 2.05) is 59.7 Å². The number of carbonyl (C=O) groups excluding carboxylic acids is 1. The number of aryl methyl sites for hydroxylation is 1. The third-order valence-corrected chi connectivity index (χ3v) is 5.92. The average molecular weight is 431 g/mol. The van der Waals surface area contributed by atoms with Gasteiger partial charge in [-0.15, -0.1) is 11.8 Å². The fourth-order valence-corrected chi connectivity index (χ4v) is 3.82. The van der Waals surface area contributed by atoms with Gasteiger partial charge in [0.05, 0.1) is 11.0 Å². The Kier molecular flexibility index (Phi) is 6.57. The van der Waals surface area contributed by atoms with E-state index >= 15 is 0 Å². The van der Waals surface area contributed by atoms with Crippen LogP contribution in [0.4, 0.5) is 10.5 Å². The number of urea groups is 1. The number of rotatable bonds is 7. The summed E-state index contributed by atoms with van der Waals surface area (Å²) in [6.45, 7) is 3.16. The number of thioether (sulfide) groups is 1. The Bertz CT molecular complexity index is 1120. The number of anilines is 1. The lowest BCUT2D eigenvalue weighted by Crippen LogP contribution is -2.36. The van der Waals surface area contributed by atoms with Crippen LogP contribution in [0.3, 0.4) is 0 Å². The van der Waals surface area contributed by atoms with E-state index in [0.717, 1.165) is 28.1 Å². The molecule has 0 aliphatic rings. The molecule has 6 heteroatoms. The smallest absolute Gasteiger partial charge is 0.322 e. The van der Waals surface area contributed by atoms with Crippen LogP contribution in [-0.2, 0) is 13.0 Å². The number of aromatic amines is 1. The first kappa shape index (κ1) is 21.0. The SMILES string of the molecule is CSc1ccc(NC(=O)N(CCc2nc3ccccc3[nH]2)Cc2ccc(C)cc2)cc1. The summed E-state index contributed by atoms with van der Waals surface area (Å²) in [6, 6.07) is 24.1. The van der Waals surface area contributed by atoms with E-state index < -0.39 is 0 Å². The highest BCUT2D eigenvalue weighted by Gasteiger charge is 2.15. The minimum atomic E-state index is -0.117. The molecule has 31 heavy (non-hydrogen) atoms. The molecular formula is C25H26N4OS. The molecule has 0 atom stereocenters. The van der Waals surface area contributed by atoms with Gasteiger partial charge in [-0.2, -0.15) is 0 Å². The molecule has 2 amide bonds. The summed E-state index contributed by atoms with van der Waals surface area (Å²) < 4.78 is 0. The Labute approximate surface area is 186 Å². The lowest BCUT2D eigenvalue weighted by Gasteiger charge is -2.23. The van der Waals surface area contributed by atoms with Gasteiger partial charge in [-0.25, -0.2) is 9.78 Å². The van der Waals surface area contributed by atoms with Crippen LogP contribution in [0.1, 0.15) is 17.0 Å². The van der Waals surface area contributed by atoms with E-state index in [0.29, 0.717) is 19.5 Å². The number of hydrogen-bond donors (Lipinski definition) is 2. The molecule has 0 radical (unpaired) electrons. The van der Waals surface area contributed by atoms with Gasteiger partial charge in [-0.1, -0.05) is 42.0 Å². The topological polar surface area (TPSA) is 61.0 Å². The summed E-state index contributed by atoms with van der Waals surface area (Å²) in [6.07, 6.45) is 2.69. The summed E-state index contributed by atoms with van der Waals surface area (Å²) in [5.41, 5.74) is 5.06. The van der Waals surface area contributed by atoms with Gasteiger partial charge in [-0.05, 0) is 55.1 Å². The van der Waals surface area contributed by atoms with Crippen molar-refractivity contribution in [3.8, 4) is 0 Å². The molecule has 0 saturated carbocycles. The molecule has 4 aromatic rings. The van der Waals surface area contributed by atoms with Crippen molar-refractivity contribution in [3.05, 3.63) is 89.7 Å². The first-order chi connectivity index (χ1) is 15.1. The molecule has 0 unspecified atom stereocenters. The van der Waals surface area contributed by atoms with Crippen LogP contribution < -0.4 is 5.32 Å². The Balaban J connectivity index is 1.49. The molecule has 0 saturated heterocycles. The monoisotopic (exact) mass is 430 g/mol. The number of nitrogens with one attached hydrogen (secondary N) is 2. The van der Waals surface area contributed by atoms with E-state index in [1.165, 1.54) is 10.5 Å². The fraction of sp³-hybridized carbons (Fsp3) is 0.200. The van der Waals surface area contributed by atoms with Crippen molar-refractivity contribution in [2.75, 3.05) is 18.1 Å². The summed E-state index contributed by atoms with van der Waals surface area (Å²) in [4.78, 5) is 24.1. The highest BCUT2D eigenvalue weighted by Crippen LogP contribution is 2.18. The van der Waals surface area contributed by atoms with Crippen molar-refractivity contribution in [2.45, 2.75) is 24.8 Å². The first-order valence-corrected chi connectivity index (χ1v) is 11.5. The van der Waals surface area contributed by atoms with Crippen molar-refractivity contribution in [1.29, 1.82) is 0 Å². The van der Waals surface area contributed by atoms with Crippen LogP contribution >= 0.6 is 11.8 Å². The number of para-hydroxylation sites is 2. The number of carbonyl (C=O) groups is 1. The summed E-state index contributed by atoms with van der Waals surface area (Å²) in [5, 5.41) is 3.03. The van der Waals surface area contributed by atoms with Gasteiger partial charge in [0.2, 0.25) is 0 Å². The van der Waals surface area contributed by atoms with E-state index in [4.69, 9.17) is 0 Å². The number of nitrogens with zero attached hydrogens (tertiary/aromatic N) is 2. The van der Waals surface area contributed by atoms with Crippen LogP contribution in [-0.4, -0.2) is 33.7 Å². The zero-order valence-electron chi connectivity index (χ0n) is 17.8. The quantitative estimate of drug-likeness (QED) is 0.361. The zero-order chi connectivity index (χ0) is 21.6. The molecule has 0 aliphatic heterocycles. The Morgan fingerprint density at radius 1 is 1.03 bits per heavy atom. The molecule has 1 aromatic heterocycles. The zero-order valence-corrected chi connectivity index (χ0v) is 18.6. The van der Waals surface area contributed by atoms with Crippen molar-refractivity contribution in [2.24, 2.45) is 0 Å². The maximum atomic E-state index is 13.1. The number of H-pyrrole nitrogens is 1. The third kappa shape index (κ3) is 5.47. The molecule has 158 valence electrons. The standard InChI is InChI=1S/C25H26N4OS/c1-18-7-9-19(10-8-18)17-29(25(30)26-20-11-13-21(31-2)14-12-20)16-15-24-27-22-5-3-4-6-23(22)28-24/h3-14H,15-17H2,1-2H3,(H,26,30)(H,27,28). The van der Waals surface area contributed by atoms with Crippen molar-refractivity contribution in [1.82, 2.24) is 14.9 Å². The largest absolute Gasteiger partial charge is 0.342 e. The van der Waals surface area contributed by atoms with Crippen molar-refractivity contribution in [3.63, 3.8) is 0 Å². The van der Waals surface area contributed by atoms with Gasteiger partial charge in [0.15, 0.2) is 0 Å². The summed E-state index contributed by atoms with van der Waals surface area (Å²) in [7, 11) is 0. The molecule has 0 spiro atoms. The second kappa shape index (κ2) is 9.71. The van der Waals surface area contributed by atoms with Crippen LogP contribution in [0.15, 0.2) is 77.7 Å². The van der Waals surface area contributed by atoms with Crippen LogP contribution in [0, 0.1) is 6.92 Å². The summed E-state index contributed by atoms with van der Waals surface area (Å²) >= 11 is 1.68. The van der Waals surface area contributed by atoms with Crippen molar-refractivity contribution >= 4 is 34.5 Å². The summed E-state index contributed by atoms with van der Waals surface area (Å²) in [5.74, 6) is 0.882.